The fourth-order valence-corrected chi connectivity index (χ4v) is 4.89. The van der Waals surface area contributed by atoms with Gasteiger partial charge < -0.3 is 19.7 Å². The number of nitrogens with zero attached hydrogens (tertiary/aromatic N) is 1. The van der Waals surface area contributed by atoms with Crippen LogP contribution >= 0.6 is 11.8 Å². The fraction of sp³-hybridized carbons (Fsp3) is 0.458. The summed E-state index contributed by atoms with van der Waals surface area (Å²) in [5.41, 5.74) is 2.90. The first kappa shape index (κ1) is 22.3. The van der Waals surface area contributed by atoms with E-state index in [1.165, 1.54) is 4.90 Å². The van der Waals surface area contributed by atoms with E-state index in [4.69, 9.17) is 9.47 Å². The number of methoxy groups -OCH3 is 2. The van der Waals surface area contributed by atoms with Crippen molar-refractivity contribution in [3.8, 4) is 11.5 Å². The fourth-order valence-electron chi connectivity index (χ4n) is 3.81. The van der Waals surface area contributed by atoms with Gasteiger partial charge in [-0.15, -0.1) is 11.8 Å². The third-order valence-electron chi connectivity index (χ3n) is 5.17. The molecule has 6 heteroatoms. The number of hydrogen-bond donors (Lipinski definition) is 1. The summed E-state index contributed by atoms with van der Waals surface area (Å²) in [6.07, 6.45) is 1.86. The van der Waals surface area contributed by atoms with Gasteiger partial charge in [0, 0.05) is 27.4 Å². The molecule has 1 aliphatic rings. The standard InChI is InChI=1S/C24H32N2O3S/c1-16-14-18(30-24(2,3)4)10-11-20(16)25-23(27)26-13-7-8-21(26)19-15-17(28-5)9-12-22(19)29-6/h9-12,14-15,21H,7-8,13H2,1-6H3,(H,25,27). The lowest BCUT2D eigenvalue weighted by molar-refractivity contribution is 0.206. The Morgan fingerprint density at radius 2 is 1.90 bits per heavy atom. The second-order valence-corrected chi connectivity index (χ2v) is 10.5. The minimum atomic E-state index is -0.0818. The number of ether oxygens (including phenoxy) is 2. The molecule has 0 bridgehead atoms. The van der Waals surface area contributed by atoms with Gasteiger partial charge in [0.1, 0.15) is 11.5 Å². The quantitative estimate of drug-likeness (QED) is 0.570. The molecule has 0 aliphatic carbocycles. The predicted octanol–water partition coefficient (Wildman–Crippen LogP) is 6.27. The Kier molecular flexibility index (Phi) is 6.86. The van der Waals surface area contributed by atoms with Crippen LogP contribution in [0.2, 0.25) is 0 Å². The highest BCUT2D eigenvalue weighted by Gasteiger charge is 2.32. The van der Waals surface area contributed by atoms with Gasteiger partial charge in [-0.1, -0.05) is 20.8 Å². The van der Waals surface area contributed by atoms with E-state index < -0.39 is 0 Å². The molecule has 1 aliphatic heterocycles. The van der Waals surface area contributed by atoms with E-state index in [-0.39, 0.29) is 16.8 Å². The van der Waals surface area contributed by atoms with Crippen molar-refractivity contribution in [3.63, 3.8) is 0 Å². The highest BCUT2D eigenvalue weighted by atomic mass is 32.2. The second kappa shape index (κ2) is 9.21. The van der Waals surface area contributed by atoms with E-state index in [0.717, 1.165) is 41.2 Å². The Morgan fingerprint density at radius 1 is 1.13 bits per heavy atom. The zero-order chi connectivity index (χ0) is 21.9. The molecule has 1 fully saturated rings. The number of rotatable bonds is 5. The molecule has 1 N–H and O–H groups in total. The van der Waals surface area contributed by atoms with Gasteiger partial charge in [-0.3, -0.25) is 0 Å². The van der Waals surface area contributed by atoms with Crippen LogP contribution in [0.15, 0.2) is 41.3 Å². The van der Waals surface area contributed by atoms with Crippen molar-refractivity contribution in [3.05, 3.63) is 47.5 Å². The van der Waals surface area contributed by atoms with Crippen molar-refractivity contribution in [1.29, 1.82) is 0 Å². The van der Waals surface area contributed by atoms with Gasteiger partial charge in [0.15, 0.2) is 0 Å². The van der Waals surface area contributed by atoms with Crippen LogP contribution in [0.1, 0.15) is 50.8 Å². The molecule has 1 unspecified atom stereocenters. The summed E-state index contributed by atoms with van der Waals surface area (Å²) in [6, 6.07) is 11.8. The molecular weight excluding hydrogens is 396 g/mol. The van der Waals surface area contributed by atoms with Crippen molar-refractivity contribution in [2.24, 2.45) is 0 Å². The SMILES string of the molecule is COc1ccc(OC)c(C2CCCN2C(=O)Nc2ccc(SC(C)(C)C)cc2C)c1. The largest absolute Gasteiger partial charge is 0.497 e. The first-order valence-corrected chi connectivity index (χ1v) is 11.1. The molecular formula is C24H32N2O3S. The molecule has 0 radical (unpaired) electrons. The topological polar surface area (TPSA) is 50.8 Å². The number of hydrogen-bond acceptors (Lipinski definition) is 4. The number of likely N-dealkylation sites (tertiary alicyclic amines) is 1. The molecule has 30 heavy (non-hydrogen) atoms. The number of carbonyl (C=O) groups excluding carboxylic acids is 1. The monoisotopic (exact) mass is 428 g/mol. The van der Waals surface area contributed by atoms with E-state index in [0.29, 0.717) is 6.54 Å². The number of anilines is 1. The van der Waals surface area contributed by atoms with Crippen molar-refractivity contribution in [2.75, 3.05) is 26.1 Å². The number of benzene rings is 2. The number of amides is 2. The molecule has 2 amide bonds. The molecule has 3 rings (SSSR count). The van der Waals surface area contributed by atoms with Gasteiger partial charge in [-0.05, 0) is 61.7 Å². The van der Waals surface area contributed by atoms with Crippen molar-refractivity contribution in [1.82, 2.24) is 4.90 Å². The number of nitrogens with one attached hydrogen (secondary N) is 1. The molecule has 1 atom stereocenters. The normalized spacial score (nSPS) is 16.5. The maximum atomic E-state index is 13.2. The van der Waals surface area contributed by atoms with Gasteiger partial charge in [-0.2, -0.15) is 0 Å². The summed E-state index contributed by atoms with van der Waals surface area (Å²) in [6.45, 7) is 9.35. The third-order valence-corrected chi connectivity index (χ3v) is 6.28. The third kappa shape index (κ3) is 5.22. The molecule has 0 spiro atoms. The average Bonchev–Trinajstić information content (AvgIpc) is 3.18. The number of aryl methyl sites for hydroxylation is 1. The first-order chi connectivity index (χ1) is 14.2. The Morgan fingerprint density at radius 3 is 2.53 bits per heavy atom. The Bertz CT molecular complexity index is 908. The zero-order valence-corrected chi connectivity index (χ0v) is 19.6. The summed E-state index contributed by atoms with van der Waals surface area (Å²) in [4.78, 5) is 16.3. The Labute approximate surface area is 184 Å². The highest BCUT2D eigenvalue weighted by molar-refractivity contribution is 8.00. The zero-order valence-electron chi connectivity index (χ0n) is 18.7. The van der Waals surface area contributed by atoms with Crippen LogP contribution in [-0.4, -0.2) is 36.4 Å². The van der Waals surface area contributed by atoms with E-state index in [2.05, 4.69) is 38.2 Å². The molecule has 0 saturated carbocycles. The molecule has 0 aromatic heterocycles. The van der Waals surface area contributed by atoms with E-state index >= 15 is 0 Å². The predicted molar refractivity (Wildman–Crippen MR) is 124 cm³/mol. The van der Waals surface area contributed by atoms with E-state index in [1.54, 1.807) is 14.2 Å². The molecule has 5 nitrogen and oxygen atoms in total. The van der Waals surface area contributed by atoms with Crippen LogP contribution in [0.5, 0.6) is 11.5 Å². The summed E-state index contributed by atoms with van der Waals surface area (Å²) >= 11 is 1.82. The van der Waals surface area contributed by atoms with Crippen LogP contribution in [0.4, 0.5) is 10.5 Å². The number of urea groups is 1. The summed E-state index contributed by atoms with van der Waals surface area (Å²) in [7, 11) is 3.31. The van der Waals surface area contributed by atoms with Gasteiger partial charge in [0.25, 0.3) is 0 Å². The number of carbonyl (C=O) groups is 1. The van der Waals surface area contributed by atoms with Crippen molar-refractivity contribution in [2.45, 2.75) is 56.2 Å². The summed E-state index contributed by atoms with van der Waals surface area (Å²) in [5.74, 6) is 1.54. The van der Waals surface area contributed by atoms with Crippen LogP contribution in [0, 0.1) is 6.92 Å². The minimum absolute atomic E-state index is 0.0360. The molecule has 1 saturated heterocycles. The number of thioether (sulfide) groups is 1. The van der Waals surface area contributed by atoms with Crippen LogP contribution in [0.25, 0.3) is 0 Å². The van der Waals surface area contributed by atoms with E-state index in [9.17, 15) is 4.79 Å². The highest BCUT2D eigenvalue weighted by Crippen LogP contribution is 2.39. The van der Waals surface area contributed by atoms with Crippen LogP contribution < -0.4 is 14.8 Å². The van der Waals surface area contributed by atoms with Gasteiger partial charge in [0.05, 0.1) is 20.3 Å². The van der Waals surface area contributed by atoms with Gasteiger partial charge in [0.2, 0.25) is 0 Å². The van der Waals surface area contributed by atoms with Gasteiger partial charge >= 0.3 is 6.03 Å². The maximum Gasteiger partial charge on any atom is 0.322 e. The van der Waals surface area contributed by atoms with Gasteiger partial charge in [-0.25, -0.2) is 4.79 Å². The molecule has 1 heterocycles. The average molecular weight is 429 g/mol. The lowest BCUT2D eigenvalue weighted by Gasteiger charge is -2.27. The molecule has 162 valence electrons. The smallest absolute Gasteiger partial charge is 0.322 e. The van der Waals surface area contributed by atoms with Crippen LogP contribution in [0.3, 0.4) is 0 Å². The lowest BCUT2D eigenvalue weighted by Crippen LogP contribution is -2.34. The molecule has 2 aromatic carbocycles. The van der Waals surface area contributed by atoms with Crippen LogP contribution in [-0.2, 0) is 0 Å². The lowest BCUT2D eigenvalue weighted by atomic mass is 10.0. The summed E-state index contributed by atoms with van der Waals surface area (Å²) < 4.78 is 11.1. The van der Waals surface area contributed by atoms with Crippen molar-refractivity contribution >= 4 is 23.5 Å². The van der Waals surface area contributed by atoms with Crippen molar-refractivity contribution < 1.29 is 14.3 Å². The van der Waals surface area contributed by atoms with E-state index in [1.807, 2.05) is 47.9 Å². The summed E-state index contributed by atoms with van der Waals surface area (Å²) in [5, 5.41) is 3.11. The minimum Gasteiger partial charge on any atom is -0.497 e. The first-order valence-electron chi connectivity index (χ1n) is 10.3. The molecule has 2 aromatic rings. The Hall–Kier alpha value is -2.34. The second-order valence-electron chi connectivity index (χ2n) is 8.58. The maximum absolute atomic E-state index is 13.2. The Balaban J connectivity index is 1.79.